The van der Waals surface area contributed by atoms with E-state index in [-0.39, 0.29) is 11.7 Å². The molecule has 2 saturated carbocycles. The normalized spacial score (nSPS) is 28.6. The number of methoxy groups -OCH3 is 2. The number of benzene rings is 1. The molecule has 0 aliphatic heterocycles. The summed E-state index contributed by atoms with van der Waals surface area (Å²) in [5.74, 6) is 0.420. The number of hydrogen-bond donors (Lipinski definition) is 1. The van der Waals surface area contributed by atoms with E-state index in [0.717, 1.165) is 12.0 Å². The first-order valence-corrected chi connectivity index (χ1v) is 10.1. The number of fused-ring (bicyclic) bond motifs is 2. The largest absolute Gasteiger partial charge is 0.493 e. The summed E-state index contributed by atoms with van der Waals surface area (Å²) in [5.41, 5.74) is -0.177. The van der Waals surface area contributed by atoms with Crippen LogP contribution >= 0.6 is 0 Å². The molecular formula is C19H24O6S. The molecule has 7 heteroatoms. The fourth-order valence-corrected chi connectivity index (χ4v) is 5.99. The number of allylic oxidation sites excluding steroid dienone is 1. The Hall–Kier alpha value is -1.86. The maximum absolute atomic E-state index is 13.2. The van der Waals surface area contributed by atoms with E-state index < -0.39 is 26.7 Å². The SMILES string of the molecule is COc1ccc(/C=C2\C(=O)C3(CS(=O)(=O)O)CCC2C3(C)C)cc1OC. The van der Waals surface area contributed by atoms with Gasteiger partial charge in [-0.05, 0) is 47.9 Å². The van der Waals surface area contributed by atoms with E-state index in [1.807, 2.05) is 26.0 Å². The Balaban J connectivity index is 2.06. The maximum atomic E-state index is 13.2. The predicted molar refractivity (Wildman–Crippen MR) is 97.9 cm³/mol. The van der Waals surface area contributed by atoms with Crippen LogP contribution in [0.3, 0.4) is 0 Å². The highest BCUT2D eigenvalue weighted by Crippen LogP contribution is 2.66. The van der Waals surface area contributed by atoms with E-state index in [1.165, 1.54) is 0 Å². The average molecular weight is 380 g/mol. The first-order valence-electron chi connectivity index (χ1n) is 8.49. The molecule has 2 aliphatic rings. The van der Waals surface area contributed by atoms with Crippen LogP contribution in [-0.2, 0) is 14.9 Å². The number of carbonyl (C=O) groups is 1. The van der Waals surface area contributed by atoms with Crippen LogP contribution in [0.25, 0.3) is 6.08 Å². The molecule has 0 saturated heterocycles. The van der Waals surface area contributed by atoms with Gasteiger partial charge in [0.2, 0.25) is 0 Å². The quantitative estimate of drug-likeness (QED) is 0.624. The van der Waals surface area contributed by atoms with Gasteiger partial charge in [-0.15, -0.1) is 0 Å². The average Bonchev–Trinajstić information content (AvgIpc) is 2.88. The molecule has 1 N–H and O–H groups in total. The molecule has 1 aromatic rings. The lowest BCUT2D eigenvalue weighted by atomic mass is 9.70. The molecule has 0 radical (unpaired) electrons. The van der Waals surface area contributed by atoms with E-state index >= 15 is 0 Å². The van der Waals surface area contributed by atoms with Crippen LogP contribution < -0.4 is 9.47 Å². The highest BCUT2D eigenvalue weighted by Gasteiger charge is 2.67. The molecule has 2 bridgehead atoms. The third kappa shape index (κ3) is 2.74. The van der Waals surface area contributed by atoms with Crippen LogP contribution in [-0.4, -0.2) is 38.7 Å². The van der Waals surface area contributed by atoms with Gasteiger partial charge in [-0.3, -0.25) is 9.35 Å². The van der Waals surface area contributed by atoms with Crippen molar-refractivity contribution in [3.63, 3.8) is 0 Å². The monoisotopic (exact) mass is 380 g/mol. The summed E-state index contributed by atoms with van der Waals surface area (Å²) in [7, 11) is -1.16. The molecule has 142 valence electrons. The summed E-state index contributed by atoms with van der Waals surface area (Å²) in [4.78, 5) is 13.2. The Kier molecular flexibility index (Phi) is 4.43. The first-order chi connectivity index (χ1) is 12.1. The Bertz CT molecular complexity index is 883. The minimum atomic E-state index is -4.26. The van der Waals surface area contributed by atoms with E-state index in [1.54, 1.807) is 26.4 Å². The number of hydrogen-bond acceptors (Lipinski definition) is 5. The molecule has 2 unspecified atom stereocenters. The van der Waals surface area contributed by atoms with Crippen molar-refractivity contribution >= 4 is 22.0 Å². The zero-order valence-corrected chi connectivity index (χ0v) is 16.2. The van der Waals surface area contributed by atoms with Gasteiger partial charge in [0.25, 0.3) is 10.1 Å². The second-order valence-corrected chi connectivity index (χ2v) is 9.12. The molecular weight excluding hydrogens is 356 g/mol. The Morgan fingerprint density at radius 3 is 2.46 bits per heavy atom. The van der Waals surface area contributed by atoms with Crippen molar-refractivity contribution < 1.29 is 27.2 Å². The lowest BCUT2D eigenvalue weighted by Crippen LogP contribution is -2.42. The smallest absolute Gasteiger partial charge is 0.265 e. The van der Waals surface area contributed by atoms with Crippen LogP contribution in [0.5, 0.6) is 11.5 Å². The minimum Gasteiger partial charge on any atom is -0.493 e. The van der Waals surface area contributed by atoms with E-state index in [9.17, 15) is 17.8 Å². The summed E-state index contributed by atoms with van der Waals surface area (Å²) in [6, 6.07) is 5.38. The molecule has 2 fully saturated rings. The van der Waals surface area contributed by atoms with Gasteiger partial charge < -0.3 is 9.47 Å². The zero-order chi connectivity index (χ0) is 19.3. The van der Waals surface area contributed by atoms with Gasteiger partial charge in [0.15, 0.2) is 17.3 Å². The Morgan fingerprint density at radius 2 is 1.88 bits per heavy atom. The third-order valence-corrected chi connectivity index (χ3v) is 7.05. The number of ketones is 1. The van der Waals surface area contributed by atoms with Gasteiger partial charge in [-0.2, -0.15) is 8.42 Å². The number of Topliss-reactive ketones (excluding diaryl/α,β-unsaturated/α-hetero) is 1. The van der Waals surface area contributed by atoms with E-state index in [0.29, 0.717) is 23.5 Å². The van der Waals surface area contributed by atoms with Crippen LogP contribution in [0, 0.1) is 16.7 Å². The third-order valence-electron chi connectivity index (χ3n) is 6.20. The molecule has 0 heterocycles. The van der Waals surface area contributed by atoms with Crippen molar-refractivity contribution in [3.05, 3.63) is 29.3 Å². The topological polar surface area (TPSA) is 89.9 Å². The summed E-state index contributed by atoms with van der Waals surface area (Å²) in [5, 5.41) is 0. The van der Waals surface area contributed by atoms with Crippen molar-refractivity contribution in [1.29, 1.82) is 0 Å². The second-order valence-electron chi connectivity index (χ2n) is 7.66. The molecule has 0 amide bonds. The number of ether oxygens (including phenoxy) is 2. The van der Waals surface area contributed by atoms with Crippen molar-refractivity contribution in [1.82, 2.24) is 0 Å². The second kappa shape index (κ2) is 6.09. The predicted octanol–water partition coefficient (Wildman–Crippen LogP) is 2.98. The minimum absolute atomic E-state index is 0.0372. The molecule has 1 aromatic carbocycles. The molecule has 26 heavy (non-hydrogen) atoms. The zero-order valence-electron chi connectivity index (χ0n) is 15.4. The van der Waals surface area contributed by atoms with Gasteiger partial charge in [-0.25, -0.2) is 0 Å². The highest BCUT2D eigenvalue weighted by molar-refractivity contribution is 7.85. The fourth-order valence-electron chi connectivity index (χ4n) is 4.72. The van der Waals surface area contributed by atoms with Gasteiger partial charge in [-0.1, -0.05) is 19.9 Å². The standard InChI is InChI=1S/C19H24O6S/c1-18(2)14-7-8-19(18,11-26(21,22)23)17(20)13(14)9-12-5-6-15(24-3)16(10-12)25-4/h5-6,9-10,14H,7-8,11H2,1-4H3,(H,21,22,23)/b13-9-. The van der Waals surface area contributed by atoms with Crippen molar-refractivity contribution in [3.8, 4) is 11.5 Å². The van der Waals surface area contributed by atoms with Gasteiger partial charge in [0, 0.05) is 5.57 Å². The lowest BCUT2D eigenvalue weighted by molar-refractivity contribution is -0.125. The Labute approximate surface area is 153 Å². The van der Waals surface area contributed by atoms with Gasteiger partial charge in [0.1, 0.15) is 0 Å². The van der Waals surface area contributed by atoms with Crippen molar-refractivity contribution in [2.45, 2.75) is 26.7 Å². The van der Waals surface area contributed by atoms with Crippen molar-refractivity contribution in [2.24, 2.45) is 16.7 Å². The highest BCUT2D eigenvalue weighted by atomic mass is 32.2. The Morgan fingerprint density at radius 1 is 1.23 bits per heavy atom. The maximum Gasteiger partial charge on any atom is 0.265 e. The summed E-state index contributed by atoms with van der Waals surface area (Å²) >= 11 is 0. The lowest BCUT2D eigenvalue weighted by Gasteiger charge is -2.34. The van der Waals surface area contributed by atoms with Crippen LogP contribution in [0.1, 0.15) is 32.3 Å². The molecule has 3 rings (SSSR count). The van der Waals surface area contributed by atoms with Gasteiger partial charge >= 0.3 is 0 Å². The first kappa shape index (κ1) is 18.9. The van der Waals surface area contributed by atoms with E-state index in [4.69, 9.17) is 9.47 Å². The van der Waals surface area contributed by atoms with Gasteiger partial charge in [0.05, 0.1) is 25.4 Å². The molecule has 2 atom stereocenters. The summed E-state index contributed by atoms with van der Waals surface area (Å²) < 4.78 is 43.1. The van der Waals surface area contributed by atoms with Crippen LogP contribution in [0.2, 0.25) is 0 Å². The summed E-state index contributed by atoms with van der Waals surface area (Å²) in [6.45, 7) is 3.84. The summed E-state index contributed by atoms with van der Waals surface area (Å²) in [6.07, 6.45) is 3.02. The number of rotatable bonds is 5. The molecule has 0 spiro atoms. The number of carbonyl (C=O) groups excluding carboxylic acids is 1. The molecule has 2 aliphatic carbocycles. The fraction of sp³-hybridized carbons (Fsp3) is 0.526. The molecule has 0 aromatic heterocycles. The molecule has 6 nitrogen and oxygen atoms in total. The van der Waals surface area contributed by atoms with E-state index in [2.05, 4.69) is 0 Å². The van der Waals surface area contributed by atoms with Crippen LogP contribution in [0.4, 0.5) is 0 Å². The van der Waals surface area contributed by atoms with Crippen LogP contribution in [0.15, 0.2) is 23.8 Å². The van der Waals surface area contributed by atoms with Crippen molar-refractivity contribution in [2.75, 3.05) is 20.0 Å².